The fourth-order valence-electron chi connectivity index (χ4n) is 7.91. The van der Waals surface area contributed by atoms with Gasteiger partial charge in [-0.05, 0) is 44.9 Å². The van der Waals surface area contributed by atoms with Crippen molar-refractivity contribution in [3.63, 3.8) is 0 Å². The lowest BCUT2D eigenvalue weighted by molar-refractivity contribution is -0.220. The first-order chi connectivity index (χ1) is 30.9. The average Bonchev–Trinajstić information content (AvgIpc) is 3.28. The van der Waals surface area contributed by atoms with E-state index in [9.17, 15) is 44.6 Å². The maximum atomic E-state index is 12.8. The Morgan fingerprint density at radius 2 is 0.844 bits per heavy atom. The van der Waals surface area contributed by atoms with Crippen molar-refractivity contribution in [2.45, 2.75) is 268 Å². The molecule has 13 nitrogen and oxygen atoms in total. The van der Waals surface area contributed by atoms with Crippen molar-refractivity contribution >= 4 is 19.8 Å². The number of carbonyl (C=O) groups is 2. The molecule has 0 aromatic rings. The number of hydrogen-bond acceptors (Lipinski definition) is 12. The van der Waals surface area contributed by atoms with Gasteiger partial charge in [-0.3, -0.25) is 18.6 Å². The third kappa shape index (κ3) is 32.1. The van der Waals surface area contributed by atoms with Gasteiger partial charge in [0.15, 0.2) is 6.10 Å². The summed E-state index contributed by atoms with van der Waals surface area (Å²) in [6.07, 6.45) is 32.3. The van der Waals surface area contributed by atoms with Gasteiger partial charge in [-0.1, -0.05) is 192 Å². The van der Waals surface area contributed by atoms with Crippen LogP contribution in [0.25, 0.3) is 0 Å². The molecule has 0 bridgehead atoms. The van der Waals surface area contributed by atoms with E-state index >= 15 is 0 Å². The number of rotatable bonds is 43. The number of esters is 2. The normalized spacial score (nSPS) is 21.7. The maximum absolute atomic E-state index is 12.8. The minimum Gasteiger partial charge on any atom is -0.462 e. The molecule has 376 valence electrons. The summed E-state index contributed by atoms with van der Waals surface area (Å²) in [7, 11) is -5.12. The van der Waals surface area contributed by atoms with Crippen molar-refractivity contribution in [1.82, 2.24) is 0 Å². The fraction of sp³-hybridized carbons (Fsp3) is 0.880. The molecule has 0 radical (unpaired) electrons. The summed E-state index contributed by atoms with van der Waals surface area (Å²) in [4.78, 5) is 35.8. The number of phosphoric ester groups is 1. The average molecular weight is 933 g/mol. The van der Waals surface area contributed by atoms with Gasteiger partial charge in [0, 0.05) is 12.8 Å². The highest BCUT2D eigenvalue weighted by Crippen LogP contribution is 2.47. The Morgan fingerprint density at radius 3 is 1.30 bits per heavy atom. The van der Waals surface area contributed by atoms with Crippen molar-refractivity contribution < 1.29 is 63.1 Å². The van der Waals surface area contributed by atoms with E-state index in [0.717, 1.165) is 51.4 Å². The molecule has 1 saturated carbocycles. The van der Waals surface area contributed by atoms with Crippen molar-refractivity contribution in [1.29, 1.82) is 0 Å². The van der Waals surface area contributed by atoms with Gasteiger partial charge < -0.3 is 39.9 Å². The monoisotopic (exact) mass is 933 g/mol. The first kappa shape index (κ1) is 60.3. The third-order valence-corrected chi connectivity index (χ3v) is 13.0. The Hall–Kier alpha value is -1.67. The van der Waals surface area contributed by atoms with Crippen molar-refractivity contribution in [3.8, 4) is 0 Å². The number of hydrogen-bond donors (Lipinski definition) is 6. The molecule has 0 aliphatic heterocycles. The standard InChI is InChI=1S/C50H93O13P/c1-3-5-7-9-11-13-15-17-19-20-21-22-23-25-27-29-31-33-35-37-39-44(52)62-42(41-61-64(58,59)63-50-48(56)46(54)45(53)47(55)49(50)57)40-60-43(51)38-36-34-32-30-28-26-24-18-16-14-12-10-8-6-4-2/h18,24,28,30,42,45-50,53-57H,3-17,19-23,25-27,29,31-41H2,1-2H3,(H,58,59)/b24-18+,30-28+/t42-,45?,46-,47?,48?,49?,50?/m1/s1. The molecule has 1 aliphatic carbocycles. The molecular formula is C50H93O13P. The topological polar surface area (TPSA) is 210 Å². The van der Waals surface area contributed by atoms with E-state index in [1.807, 2.05) is 0 Å². The van der Waals surface area contributed by atoms with Gasteiger partial charge in [0.1, 0.15) is 43.2 Å². The fourth-order valence-corrected chi connectivity index (χ4v) is 8.88. The van der Waals surface area contributed by atoms with E-state index in [2.05, 4.69) is 38.2 Å². The van der Waals surface area contributed by atoms with Gasteiger partial charge in [0.2, 0.25) is 0 Å². The number of allylic oxidation sites excluding steroid dienone is 4. The summed E-state index contributed by atoms with van der Waals surface area (Å²) in [5, 5.41) is 50.2. The molecule has 1 rings (SSSR count). The quantitative estimate of drug-likeness (QED) is 0.0146. The molecule has 0 saturated heterocycles. The molecule has 1 aliphatic rings. The zero-order chi connectivity index (χ0) is 47.1. The Bertz CT molecular complexity index is 1220. The first-order valence-electron chi connectivity index (χ1n) is 25.6. The highest BCUT2D eigenvalue weighted by Gasteiger charge is 2.51. The molecule has 0 spiro atoms. The van der Waals surface area contributed by atoms with E-state index in [-0.39, 0.29) is 12.8 Å². The Balaban J connectivity index is 2.40. The Labute approximate surface area is 387 Å². The maximum Gasteiger partial charge on any atom is 0.472 e. The molecule has 0 aromatic heterocycles. The van der Waals surface area contributed by atoms with Gasteiger partial charge in [-0.15, -0.1) is 0 Å². The predicted octanol–water partition coefficient (Wildman–Crippen LogP) is 10.8. The highest BCUT2D eigenvalue weighted by atomic mass is 31.2. The van der Waals surface area contributed by atoms with Gasteiger partial charge in [0.05, 0.1) is 6.61 Å². The van der Waals surface area contributed by atoms with Gasteiger partial charge >= 0.3 is 19.8 Å². The number of carbonyl (C=O) groups excluding carboxylic acids is 2. The number of ether oxygens (including phenoxy) is 2. The Kier molecular flexibility index (Phi) is 38.1. The van der Waals surface area contributed by atoms with Crippen LogP contribution in [0.1, 0.15) is 226 Å². The van der Waals surface area contributed by atoms with Gasteiger partial charge in [-0.25, -0.2) is 4.57 Å². The second-order valence-electron chi connectivity index (χ2n) is 18.0. The van der Waals surface area contributed by atoms with Crippen molar-refractivity contribution in [2.75, 3.05) is 13.2 Å². The molecular weight excluding hydrogens is 840 g/mol. The van der Waals surface area contributed by atoms with Crippen LogP contribution in [0.4, 0.5) is 0 Å². The van der Waals surface area contributed by atoms with Crippen LogP contribution in [0.15, 0.2) is 24.3 Å². The van der Waals surface area contributed by atoms with E-state index in [4.69, 9.17) is 18.5 Å². The smallest absolute Gasteiger partial charge is 0.462 e. The molecule has 14 heteroatoms. The lowest BCUT2D eigenvalue weighted by atomic mass is 9.85. The zero-order valence-corrected chi connectivity index (χ0v) is 41.0. The number of aliphatic hydroxyl groups is 5. The molecule has 0 heterocycles. The molecule has 8 atom stereocenters. The molecule has 6 unspecified atom stereocenters. The van der Waals surface area contributed by atoms with Crippen LogP contribution in [-0.2, 0) is 32.7 Å². The second kappa shape index (κ2) is 40.4. The minimum absolute atomic E-state index is 0.0949. The summed E-state index contributed by atoms with van der Waals surface area (Å²) in [6.45, 7) is 3.30. The zero-order valence-electron chi connectivity index (χ0n) is 40.1. The van der Waals surface area contributed by atoms with Crippen LogP contribution in [0.2, 0.25) is 0 Å². The van der Waals surface area contributed by atoms with Crippen LogP contribution in [-0.4, -0.2) is 98.3 Å². The Morgan fingerprint density at radius 1 is 0.484 bits per heavy atom. The largest absolute Gasteiger partial charge is 0.472 e. The molecule has 64 heavy (non-hydrogen) atoms. The summed E-state index contributed by atoms with van der Waals surface area (Å²) in [5.74, 6) is -1.13. The van der Waals surface area contributed by atoms with Crippen LogP contribution >= 0.6 is 7.82 Å². The van der Waals surface area contributed by atoms with Crippen molar-refractivity contribution in [3.05, 3.63) is 24.3 Å². The number of unbranched alkanes of at least 4 members (excludes halogenated alkanes) is 27. The summed E-state index contributed by atoms with van der Waals surface area (Å²) >= 11 is 0. The predicted molar refractivity (Wildman–Crippen MR) is 254 cm³/mol. The third-order valence-electron chi connectivity index (χ3n) is 12.0. The van der Waals surface area contributed by atoms with Gasteiger partial charge in [0.25, 0.3) is 0 Å². The van der Waals surface area contributed by atoms with Gasteiger partial charge in [-0.2, -0.15) is 0 Å². The summed E-state index contributed by atoms with van der Waals surface area (Å²) in [6, 6.07) is 0. The summed E-state index contributed by atoms with van der Waals surface area (Å²) < 4.78 is 33.6. The number of aliphatic hydroxyl groups excluding tert-OH is 5. The molecule has 6 N–H and O–H groups in total. The SMILES string of the molecule is CCCCCCCC/C=C/C/C=C/CCCCC(=O)OC[C@H](COP(=O)(O)OC1C(O)C(O)C(O)[C@@H](O)C1O)OC(=O)CCCCCCCCCCCCCCCCCCCCCC. The number of phosphoric acid groups is 1. The van der Waals surface area contributed by atoms with Crippen LogP contribution in [0, 0.1) is 0 Å². The summed E-state index contributed by atoms with van der Waals surface area (Å²) in [5.41, 5.74) is 0. The van der Waals surface area contributed by atoms with Crippen LogP contribution in [0.5, 0.6) is 0 Å². The van der Waals surface area contributed by atoms with E-state index < -0.39 is 75.7 Å². The van der Waals surface area contributed by atoms with E-state index in [0.29, 0.717) is 12.8 Å². The minimum atomic E-state index is -5.12. The highest BCUT2D eigenvalue weighted by molar-refractivity contribution is 7.47. The molecule has 0 amide bonds. The van der Waals surface area contributed by atoms with E-state index in [1.54, 1.807) is 0 Å². The molecule has 1 fully saturated rings. The van der Waals surface area contributed by atoms with E-state index in [1.165, 1.54) is 135 Å². The lowest BCUT2D eigenvalue weighted by Gasteiger charge is -2.41. The first-order valence-corrected chi connectivity index (χ1v) is 27.1. The van der Waals surface area contributed by atoms with Crippen LogP contribution < -0.4 is 0 Å². The second-order valence-corrected chi connectivity index (χ2v) is 19.4. The van der Waals surface area contributed by atoms with Crippen molar-refractivity contribution in [2.24, 2.45) is 0 Å². The van der Waals surface area contributed by atoms with Crippen LogP contribution in [0.3, 0.4) is 0 Å². The lowest BCUT2D eigenvalue weighted by Crippen LogP contribution is -2.64. The molecule has 0 aromatic carbocycles.